The first kappa shape index (κ1) is 62.8. The third-order valence-corrected chi connectivity index (χ3v) is 13.6. The highest BCUT2D eigenvalue weighted by Crippen LogP contribution is 2.24. The molecule has 1 saturated heterocycles. The van der Waals surface area contributed by atoms with Gasteiger partial charge in [0.2, 0.25) is 65.0 Å². The second-order valence-corrected chi connectivity index (χ2v) is 20.4. The molecule has 1 aliphatic rings. The second-order valence-electron chi connectivity index (χ2n) is 17.8. The Balaban J connectivity index is 2.74. The summed E-state index contributed by atoms with van der Waals surface area (Å²) in [5.74, 6) is -12.4. The number of aliphatic hydroxyl groups is 3. The van der Waals surface area contributed by atoms with Crippen molar-refractivity contribution in [3.8, 4) is 5.75 Å². The number of nitrogens with one attached hydrogen (secondary N) is 7. The SMILES string of the molecule is CC[C@H](C)[C@@H]1NC(=O)[C@H](Cc2ccc(O)cc2)NC(=O)[C@@H](N)CSSC[C@@H](C(=O)N(CC(=O)N[C@@H](CC(C)C)C(=O)NCC(N)=O)C[C@H](O)[C@H](O)CO)NC(=O)[C@H](CC(N)=O)NC(=O)[C@H](CCC(N)=O)NC1=O. The average molecular weight is 1070 g/mol. The van der Waals surface area contributed by atoms with Crippen LogP contribution in [0.15, 0.2) is 24.3 Å². The van der Waals surface area contributed by atoms with Crippen LogP contribution in [0.2, 0.25) is 0 Å². The van der Waals surface area contributed by atoms with E-state index in [9.17, 15) is 73.2 Å². The molecule has 2 rings (SSSR count). The molecule has 0 spiro atoms. The van der Waals surface area contributed by atoms with Crippen molar-refractivity contribution in [2.45, 2.75) is 121 Å². The van der Waals surface area contributed by atoms with Crippen LogP contribution in [0.25, 0.3) is 0 Å². The lowest BCUT2D eigenvalue weighted by atomic mass is 9.96. The summed E-state index contributed by atoms with van der Waals surface area (Å²) in [7, 11) is 1.77. The van der Waals surface area contributed by atoms with Crippen LogP contribution in [0.4, 0.5) is 0 Å². The van der Waals surface area contributed by atoms with Gasteiger partial charge in [-0.3, -0.25) is 52.7 Å². The number of aliphatic hydroxyl groups excluding tert-OH is 3. The van der Waals surface area contributed by atoms with E-state index >= 15 is 0 Å². The minimum absolute atomic E-state index is 0.0353. The van der Waals surface area contributed by atoms with Crippen molar-refractivity contribution < 1.29 is 73.2 Å². The van der Waals surface area contributed by atoms with Gasteiger partial charge < -0.3 is 85.5 Å². The maximum Gasteiger partial charge on any atom is 0.246 e. The average Bonchev–Trinajstić information content (AvgIpc) is 3.32. The smallest absolute Gasteiger partial charge is 0.246 e. The van der Waals surface area contributed by atoms with Crippen LogP contribution in [0, 0.1) is 11.8 Å². The summed E-state index contributed by atoms with van der Waals surface area (Å²) < 4.78 is 0. The van der Waals surface area contributed by atoms with E-state index in [0.717, 1.165) is 21.6 Å². The van der Waals surface area contributed by atoms with Crippen LogP contribution in [0.1, 0.15) is 65.4 Å². The molecule has 0 saturated carbocycles. The number of amides is 11. The summed E-state index contributed by atoms with van der Waals surface area (Å²) in [5, 5.41) is 57.7. The zero-order valence-corrected chi connectivity index (χ0v) is 42.6. The Bertz CT molecular complexity index is 2110. The number of hydrogen-bond donors (Lipinski definition) is 15. The highest BCUT2D eigenvalue weighted by Gasteiger charge is 2.37. The normalized spacial score (nSPS) is 22.3. The van der Waals surface area contributed by atoms with E-state index in [4.69, 9.17) is 22.9 Å². The topological polar surface area (TPSA) is 460 Å². The zero-order chi connectivity index (χ0) is 55.1. The molecular weight excluding hydrogens is 1000 g/mol. The third kappa shape index (κ3) is 22.6. The molecule has 1 fully saturated rings. The number of primary amides is 3. The van der Waals surface area contributed by atoms with Crippen LogP contribution in [0.5, 0.6) is 5.75 Å². The maximum atomic E-state index is 14.6. The zero-order valence-electron chi connectivity index (χ0n) is 41.0. The highest BCUT2D eigenvalue weighted by atomic mass is 33.1. The minimum Gasteiger partial charge on any atom is -0.508 e. The number of nitrogens with zero attached hydrogens (tertiary/aromatic N) is 1. The number of carbonyl (C=O) groups is 11. The summed E-state index contributed by atoms with van der Waals surface area (Å²) >= 11 is 0. The van der Waals surface area contributed by atoms with E-state index in [0.29, 0.717) is 16.9 Å². The molecule has 19 N–H and O–H groups in total. The van der Waals surface area contributed by atoms with Gasteiger partial charge in [0.1, 0.15) is 48.1 Å². The van der Waals surface area contributed by atoms with Crippen molar-refractivity contribution >= 4 is 86.6 Å². The molecular formula is C44H70N12O15S2. The summed E-state index contributed by atoms with van der Waals surface area (Å²) in [6.07, 6.45) is -5.46. The molecule has 27 nitrogen and oxygen atoms in total. The van der Waals surface area contributed by atoms with Crippen LogP contribution < -0.4 is 60.2 Å². The standard InChI is InChI=1S/C44H70N12O15S2/c1-5-22(4)37-43(70)51-26(10-11-33(46)61)40(67)53-29(14-34(47)62)41(68)54-30(20-73-72-19-25(45)38(65)52-28(42(69)55-37)13-23-6-8-24(58)9-7-23)44(71)56(16-31(59)32(60)18-57)17-36(64)50-27(12-21(2)3)39(66)49-15-35(48)63/h6-9,21-22,25-32,37,57-60H,5,10-20,45H2,1-4H3,(H2,46,61)(H2,47,62)(H2,48,63)(H,49,66)(H,50,64)(H,51,70)(H,52,65)(H,53,67)(H,54,68)(H,55,69)/t22-,25-,26-,27-,28-,29-,30-,31-,32+,37-/m0/s1. The summed E-state index contributed by atoms with van der Waals surface area (Å²) in [4.78, 5) is 148. The first-order chi connectivity index (χ1) is 34.3. The molecule has 1 aliphatic heterocycles. The van der Waals surface area contributed by atoms with Crippen molar-refractivity contribution in [3.63, 3.8) is 0 Å². The van der Waals surface area contributed by atoms with Crippen molar-refractivity contribution in [2.75, 3.05) is 37.7 Å². The van der Waals surface area contributed by atoms with E-state index in [1.54, 1.807) is 27.7 Å². The summed E-state index contributed by atoms with van der Waals surface area (Å²) in [5.41, 5.74) is 22.8. The molecule has 0 radical (unpaired) electrons. The Morgan fingerprint density at radius 2 is 1.36 bits per heavy atom. The molecule has 0 aliphatic carbocycles. The largest absolute Gasteiger partial charge is 0.508 e. The van der Waals surface area contributed by atoms with E-state index in [1.165, 1.54) is 24.3 Å². The Morgan fingerprint density at radius 3 is 1.93 bits per heavy atom. The number of benzene rings is 1. The van der Waals surface area contributed by atoms with Gasteiger partial charge in [0.15, 0.2) is 0 Å². The lowest BCUT2D eigenvalue weighted by molar-refractivity contribution is -0.142. The van der Waals surface area contributed by atoms with Gasteiger partial charge in [-0.25, -0.2) is 0 Å². The van der Waals surface area contributed by atoms with E-state index in [-0.39, 0.29) is 30.3 Å². The van der Waals surface area contributed by atoms with Crippen molar-refractivity contribution in [1.82, 2.24) is 42.1 Å². The first-order valence-electron chi connectivity index (χ1n) is 23.2. The van der Waals surface area contributed by atoms with Gasteiger partial charge in [-0.15, -0.1) is 0 Å². The number of aromatic hydroxyl groups is 1. The number of nitrogens with two attached hydrogens (primary N) is 4. The molecule has 0 aromatic heterocycles. The molecule has 10 atom stereocenters. The van der Waals surface area contributed by atoms with Gasteiger partial charge in [-0.2, -0.15) is 0 Å². The minimum atomic E-state index is -1.91. The fourth-order valence-corrected chi connectivity index (χ4v) is 9.18. The van der Waals surface area contributed by atoms with Crippen LogP contribution in [0.3, 0.4) is 0 Å². The van der Waals surface area contributed by atoms with Gasteiger partial charge in [0.25, 0.3) is 0 Å². The van der Waals surface area contributed by atoms with E-state index in [2.05, 4.69) is 37.2 Å². The Kier molecular flexibility index (Phi) is 27.0. The molecule has 1 heterocycles. The quantitative estimate of drug-likeness (QED) is 0.0481. The molecule has 29 heteroatoms. The maximum absolute atomic E-state index is 14.6. The van der Waals surface area contributed by atoms with Crippen LogP contribution >= 0.6 is 21.6 Å². The lowest BCUT2D eigenvalue weighted by Gasteiger charge is -2.32. The van der Waals surface area contributed by atoms with Gasteiger partial charge >= 0.3 is 0 Å². The van der Waals surface area contributed by atoms with Crippen LogP contribution in [-0.4, -0.2) is 183 Å². The number of phenols is 1. The molecule has 1 aromatic rings. The van der Waals surface area contributed by atoms with Gasteiger partial charge in [0.05, 0.1) is 38.3 Å². The highest BCUT2D eigenvalue weighted by molar-refractivity contribution is 8.76. The molecule has 11 amide bonds. The van der Waals surface area contributed by atoms with E-state index < -0.39 is 177 Å². The van der Waals surface area contributed by atoms with E-state index in [1.807, 2.05) is 0 Å². The fraction of sp³-hybridized carbons (Fsp3) is 0.614. The Labute approximate surface area is 429 Å². The molecule has 73 heavy (non-hydrogen) atoms. The monoisotopic (exact) mass is 1070 g/mol. The number of carbonyl (C=O) groups excluding carboxylic acids is 11. The fourth-order valence-electron chi connectivity index (χ4n) is 6.91. The van der Waals surface area contributed by atoms with Gasteiger partial charge in [-0.1, -0.05) is 67.8 Å². The molecule has 408 valence electrons. The van der Waals surface area contributed by atoms with Crippen molar-refractivity contribution in [1.29, 1.82) is 0 Å². The Hall–Kier alpha value is -6.27. The van der Waals surface area contributed by atoms with Crippen molar-refractivity contribution in [2.24, 2.45) is 34.8 Å². The second kappa shape index (κ2) is 31.3. The lowest BCUT2D eigenvalue weighted by Crippen LogP contribution is -2.61. The number of rotatable bonds is 22. The molecule has 1 aromatic carbocycles. The molecule has 0 bridgehead atoms. The summed E-state index contributed by atoms with van der Waals surface area (Å²) in [6, 6.07) is -4.98. The molecule has 0 unspecified atom stereocenters. The number of phenolic OH excluding ortho intramolecular Hbond substituents is 1. The number of hydrogen-bond acceptors (Lipinski definition) is 18. The van der Waals surface area contributed by atoms with Crippen molar-refractivity contribution in [3.05, 3.63) is 29.8 Å². The first-order valence-corrected chi connectivity index (χ1v) is 25.7. The predicted octanol–water partition coefficient (Wildman–Crippen LogP) is -6.06. The van der Waals surface area contributed by atoms with Gasteiger partial charge in [-0.05, 0) is 42.4 Å². The predicted molar refractivity (Wildman–Crippen MR) is 265 cm³/mol. The Morgan fingerprint density at radius 1 is 0.767 bits per heavy atom. The summed E-state index contributed by atoms with van der Waals surface area (Å²) in [6.45, 7) is 3.39. The third-order valence-electron chi connectivity index (χ3n) is 11.2. The van der Waals surface area contributed by atoms with Gasteiger partial charge in [0, 0.05) is 30.9 Å². The van der Waals surface area contributed by atoms with Crippen LogP contribution in [-0.2, 0) is 59.2 Å².